The maximum Gasteiger partial charge on any atom is 0.328 e. The van der Waals surface area contributed by atoms with Crippen molar-refractivity contribution >= 4 is 22.9 Å². The molecule has 1 amide bonds. The van der Waals surface area contributed by atoms with Crippen LogP contribution in [0.3, 0.4) is 0 Å². The number of benzene rings is 1. The Bertz CT molecular complexity index is 629. The summed E-state index contributed by atoms with van der Waals surface area (Å²) in [5, 5.41) is 19.8. The van der Waals surface area contributed by atoms with Crippen LogP contribution in [0.2, 0.25) is 0 Å². The highest BCUT2D eigenvalue weighted by Crippen LogP contribution is 2.10. The topological polar surface area (TPSA) is 112 Å². The molecule has 1 aromatic heterocycles. The summed E-state index contributed by atoms with van der Waals surface area (Å²) in [6.07, 6.45) is 3.03. The van der Waals surface area contributed by atoms with E-state index < -0.39 is 24.5 Å². The number of nitrogens with one attached hydrogen (secondary N) is 1. The predicted molar refractivity (Wildman–Crippen MR) is 65.5 cm³/mol. The molecule has 1 atom stereocenters. The molecule has 0 aliphatic carbocycles. The van der Waals surface area contributed by atoms with Gasteiger partial charge < -0.3 is 15.5 Å². The van der Waals surface area contributed by atoms with E-state index in [-0.39, 0.29) is 5.56 Å². The molecule has 19 heavy (non-hydrogen) atoms. The van der Waals surface area contributed by atoms with Gasteiger partial charge in [-0.15, -0.1) is 0 Å². The van der Waals surface area contributed by atoms with Crippen molar-refractivity contribution in [3.63, 3.8) is 0 Å². The number of carbonyl (C=O) groups excluding carboxylic acids is 1. The molecule has 7 heteroatoms. The van der Waals surface area contributed by atoms with Crippen LogP contribution in [0.25, 0.3) is 11.0 Å². The van der Waals surface area contributed by atoms with Crippen molar-refractivity contribution in [1.29, 1.82) is 0 Å². The second kappa shape index (κ2) is 5.40. The minimum Gasteiger partial charge on any atom is -0.480 e. The molecule has 2 rings (SSSR count). The van der Waals surface area contributed by atoms with E-state index in [0.29, 0.717) is 11.0 Å². The van der Waals surface area contributed by atoms with E-state index in [0.717, 1.165) is 0 Å². The van der Waals surface area contributed by atoms with Crippen LogP contribution in [0.1, 0.15) is 10.4 Å². The number of aliphatic hydroxyl groups is 1. The van der Waals surface area contributed by atoms with E-state index in [2.05, 4.69) is 15.3 Å². The molecular formula is C12H11N3O4. The highest BCUT2D eigenvalue weighted by atomic mass is 16.4. The number of nitrogens with zero attached hydrogens (tertiary/aromatic N) is 2. The fourth-order valence-corrected chi connectivity index (χ4v) is 1.53. The van der Waals surface area contributed by atoms with Crippen LogP contribution in [0.4, 0.5) is 0 Å². The number of carbonyl (C=O) groups is 2. The third kappa shape index (κ3) is 2.83. The summed E-state index contributed by atoms with van der Waals surface area (Å²) in [5.74, 6) is -1.88. The number of rotatable bonds is 4. The van der Waals surface area contributed by atoms with Crippen LogP contribution in [0.5, 0.6) is 0 Å². The van der Waals surface area contributed by atoms with Gasteiger partial charge in [-0.1, -0.05) is 0 Å². The molecule has 3 N–H and O–H groups in total. The first-order valence-electron chi connectivity index (χ1n) is 5.47. The van der Waals surface area contributed by atoms with Crippen LogP contribution >= 0.6 is 0 Å². The van der Waals surface area contributed by atoms with E-state index in [1.165, 1.54) is 24.5 Å². The Balaban J connectivity index is 2.24. The first-order valence-corrected chi connectivity index (χ1v) is 5.47. The zero-order valence-electron chi connectivity index (χ0n) is 9.78. The Labute approximate surface area is 107 Å². The first kappa shape index (κ1) is 12.9. The van der Waals surface area contributed by atoms with E-state index >= 15 is 0 Å². The minimum atomic E-state index is -1.33. The van der Waals surface area contributed by atoms with Gasteiger partial charge in [-0.05, 0) is 18.2 Å². The first-order chi connectivity index (χ1) is 9.11. The summed E-state index contributed by atoms with van der Waals surface area (Å²) in [5.41, 5.74) is 1.43. The third-order valence-corrected chi connectivity index (χ3v) is 2.52. The van der Waals surface area contributed by atoms with Crippen molar-refractivity contribution in [1.82, 2.24) is 15.3 Å². The maximum atomic E-state index is 11.8. The van der Waals surface area contributed by atoms with E-state index in [9.17, 15) is 9.59 Å². The third-order valence-electron chi connectivity index (χ3n) is 2.52. The molecule has 0 saturated heterocycles. The average molecular weight is 261 g/mol. The number of aliphatic hydroxyl groups excluding tert-OH is 1. The number of hydrogen-bond acceptors (Lipinski definition) is 5. The second-order valence-electron chi connectivity index (χ2n) is 3.81. The van der Waals surface area contributed by atoms with Crippen molar-refractivity contribution < 1.29 is 19.8 Å². The molecule has 7 nitrogen and oxygen atoms in total. The standard InChI is InChI=1S/C12H11N3O4/c16-6-10(12(18)19)15-11(17)7-1-2-8-9(5-7)14-4-3-13-8/h1-5,10,16H,6H2,(H,15,17)(H,18,19)/t10-/m0/s1. The van der Waals surface area contributed by atoms with Gasteiger partial charge in [-0.25, -0.2) is 4.79 Å². The maximum absolute atomic E-state index is 11.8. The van der Waals surface area contributed by atoms with Crippen LogP contribution in [-0.4, -0.2) is 44.7 Å². The lowest BCUT2D eigenvalue weighted by atomic mass is 10.1. The SMILES string of the molecule is O=C(N[C@@H](CO)C(=O)O)c1ccc2nccnc2c1. The fourth-order valence-electron chi connectivity index (χ4n) is 1.53. The molecule has 0 aliphatic rings. The Kier molecular flexibility index (Phi) is 3.67. The zero-order chi connectivity index (χ0) is 13.8. The van der Waals surface area contributed by atoms with Gasteiger partial charge in [0.05, 0.1) is 17.6 Å². The summed E-state index contributed by atoms with van der Waals surface area (Å²) >= 11 is 0. The lowest BCUT2D eigenvalue weighted by molar-refractivity contribution is -0.140. The van der Waals surface area contributed by atoms with E-state index in [1.54, 1.807) is 6.07 Å². The van der Waals surface area contributed by atoms with Crippen molar-refractivity contribution in [3.8, 4) is 0 Å². The Morgan fingerprint density at radius 3 is 2.53 bits per heavy atom. The second-order valence-corrected chi connectivity index (χ2v) is 3.81. The molecule has 98 valence electrons. The van der Waals surface area contributed by atoms with Gasteiger partial charge in [0.25, 0.3) is 5.91 Å². The highest BCUT2D eigenvalue weighted by molar-refractivity contribution is 5.99. The summed E-state index contributed by atoms with van der Waals surface area (Å²) in [7, 11) is 0. The highest BCUT2D eigenvalue weighted by Gasteiger charge is 2.19. The predicted octanol–water partition coefficient (Wildman–Crippen LogP) is -0.195. The molecular weight excluding hydrogens is 250 g/mol. The normalized spacial score (nSPS) is 12.1. The van der Waals surface area contributed by atoms with Crippen molar-refractivity contribution in [2.75, 3.05) is 6.61 Å². The van der Waals surface area contributed by atoms with Gasteiger partial charge in [-0.3, -0.25) is 14.8 Å². The largest absolute Gasteiger partial charge is 0.480 e. The van der Waals surface area contributed by atoms with Crippen LogP contribution in [0.15, 0.2) is 30.6 Å². The zero-order valence-corrected chi connectivity index (χ0v) is 9.78. The Morgan fingerprint density at radius 2 is 1.89 bits per heavy atom. The number of aliphatic carboxylic acids is 1. The van der Waals surface area contributed by atoms with Crippen LogP contribution < -0.4 is 5.32 Å². The average Bonchev–Trinajstić information content (AvgIpc) is 2.43. The summed E-state index contributed by atoms with van der Waals surface area (Å²) in [4.78, 5) is 30.7. The molecule has 0 radical (unpaired) electrons. The summed E-state index contributed by atoms with van der Waals surface area (Å²) in [6, 6.07) is 3.31. The lowest BCUT2D eigenvalue weighted by Gasteiger charge is -2.11. The molecule has 0 saturated carbocycles. The number of aromatic nitrogens is 2. The van der Waals surface area contributed by atoms with Crippen molar-refractivity contribution in [2.24, 2.45) is 0 Å². The lowest BCUT2D eigenvalue weighted by Crippen LogP contribution is -2.43. The van der Waals surface area contributed by atoms with Crippen LogP contribution in [-0.2, 0) is 4.79 Å². The smallest absolute Gasteiger partial charge is 0.328 e. The van der Waals surface area contributed by atoms with Gasteiger partial charge in [0, 0.05) is 18.0 Å². The van der Waals surface area contributed by atoms with Gasteiger partial charge in [-0.2, -0.15) is 0 Å². The van der Waals surface area contributed by atoms with Crippen molar-refractivity contribution in [2.45, 2.75) is 6.04 Å². The monoisotopic (exact) mass is 261 g/mol. The Hall–Kier alpha value is -2.54. The number of carboxylic acid groups (broad SMARTS) is 1. The number of carboxylic acids is 1. The summed E-state index contributed by atoms with van der Waals surface area (Å²) < 4.78 is 0. The van der Waals surface area contributed by atoms with Gasteiger partial charge in [0.1, 0.15) is 0 Å². The molecule has 1 aromatic carbocycles. The van der Waals surface area contributed by atoms with Crippen molar-refractivity contribution in [3.05, 3.63) is 36.2 Å². The number of hydrogen-bond donors (Lipinski definition) is 3. The van der Waals surface area contributed by atoms with E-state index in [1.807, 2.05) is 0 Å². The van der Waals surface area contributed by atoms with Gasteiger partial charge in [0.15, 0.2) is 6.04 Å². The van der Waals surface area contributed by atoms with Gasteiger partial charge in [0.2, 0.25) is 0 Å². The molecule has 1 heterocycles. The molecule has 2 aromatic rings. The Morgan fingerprint density at radius 1 is 1.21 bits per heavy atom. The minimum absolute atomic E-state index is 0.257. The van der Waals surface area contributed by atoms with Crippen LogP contribution in [0, 0.1) is 0 Å². The van der Waals surface area contributed by atoms with Gasteiger partial charge >= 0.3 is 5.97 Å². The molecule has 0 fully saturated rings. The summed E-state index contributed by atoms with van der Waals surface area (Å²) in [6.45, 7) is -0.672. The van der Waals surface area contributed by atoms with E-state index in [4.69, 9.17) is 10.2 Å². The number of fused-ring (bicyclic) bond motifs is 1. The molecule has 0 bridgehead atoms. The molecule has 0 aliphatic heterocycles. The fraction of sp³-hybridized carbons (Fsp3) is 0.167. The number of amides is 1. The quantitative estimate of drug-likeness (QED) is 0.703. The molecule has 0 spiro atoms. The molecule has 0 unspecified atom stereocenters.